The average Bonchev–Trinajstić information content (AvgIpc) is 2.85. The first-order valence-corrected chi connectivity index (χ1v) is 7.01. The zero-order chi connectivity index (χ0) is 13.5. The van der Waals surface area contributed by atoms with Crippen molar-refractivity contribution in [2.45, 2.75) is 25.2 Å². The summed E-state index contributed by atoms with van der Waals surface area (Å²) in [7, 11) is 0. The van der Waals surface area contributed by atoms with Crippen LogP contribution in [0.4, 0.5) is 4.39 Å². The van der Waals surface area contributed by atoms with Gasteiger partial charge >= 0.3 is 0 Å². The highest BCUT2D eigenvalue weighted by Gasteiger charge is 2.24. The molecule has 2 nitrogen and oxygen atoms in total. The fraction of sp³-hybridized carbons (Fsp3) is 0.235. The van der Waals surface area contributed by atoms with Gasteiger partial charge in [0.1, 0.15) is 11.5 Å². The number of hydrogen-bond donors (Lipinski definition) is 0. The summed E-state index contributed by atoms with van der Waals surface area (Å²) in [6.07, 6.45) is 4.57. The van der Waals surface area contributed by atoms with Gasteiger partial charge in [0, 0.05) is 11.9 Å². The van der Waals surface area contributed by atoms with Crippen molar-refractivity contribution in [1.29, 1.82) is 0 Å². The molecular weight excluding hydrogens is 251 g/mol. The van der Waals surface area contributed by atoms with Crippen LogP contribution in [0.15, 0.2) is 48.7 Å². The lowest BCUT2D eigenvalue weighted by Gasteiger charge is -2.22. The third-order valence-electron chi connectivity index (χ3n) is 4.20. The van der Waals surface area contributed by atoms with Crippen LogP contribution in [0, 0.1) is 5.82 Å². The minimum atomic E-state index is -0.209. The molecule has 1 unspecified atom stereocenters. The molecule has 0 spiro atoms. The second-order valence-corrected chi connectivity index (χ2v) is 5.43. The molecule has 0 saturated heterocycles. The zero-order valence-electron chi connectivity index (χ0n) is 11.1. The number of nitrogens with zero attached hydrogens (tertiary/aromatic N) is 2. The summed E-state index contributed by atoms with van der Waals surface area (Å²) in [5, 5.41) is 0. The molecule has 3 aromatic rings. The average molecular weight is 266 g/mol. The maximum Gasteiger partial charge on any atom is 0.139 e. The maximum absolute atomic E-state index is 13.5. The van der Waals surface area contributed by atoms with Crippen LogP contribution in [0.5, 0.6) is 0 Å². The number of imidazole rings is 1. The van der Waals surface area contributed by atoms with E-state index < -0.39 is 0 Å². The minimum absolute atomic E-state index is 0.209. The Morgan fingerprint density at radius 3 is 2.80 bits per heavy atom. The summed E-state index contributed by atoms with van der Waals surface area (Å²) < 4.78 is 15.4. The SMILES string of the molecule is Fc1ccc2nc3c(n2c1)CC(c1ccccc1)CC3. The van der Waals surface area contributed by atoms with Crippen molar-refractivity contribution in [2.75, 3.05) is 0 Å². The number of aromatic nitrogens is 2. The molecule has 1 aliphatic rings. The standard InChI is InChI=1S/C17H15FN2/c18-14-7-9-17-19-15-8-6-13(10-16(15)20(17)11-14)12-4-2-1-3-5-12/h1-5,7,9,11,13H,6,8,10H2. The highest BCUT2D eigenvalue weighted by Crippen LogP contribution is 2.32. The van der Waals surface area contributed by atoms with Gasteiger partial charge < -0.3 is 4.40 Å². The first kappa shape index (κ1) is 11.6. The van der Waals surface area contributed by atoms with E-state index in [2.05, 4.69) is 29.2 Å². The number of aryl methyl sites for hydroxylation is 1. The molecule has 0 fully saturated rings. The molecule has 1 aliphatic carbocycles. The Labute approximate surface area is 116 Å². The Bertz CT molecular complexity index is 761. The van der Waals surface area contributed by atoms with E-state index in [1.165, 1.54) is 17.3 Å². The first-order valence-electron chi connectivity index (χ1n) is 7.01. The number of pyridine rings is 1. The lowest BCUT2D eigenvalue weighted by atomic mass is 9.84. The van der Waals surface area contributed by atoms with Crippen molar-refractivity contribution >= 4 is 5.65 Å². The fourth-order valence-electron chi connectivity index (χ4n) is 3.19. The molecule has 0 N–H and O–H groups in total. The Morgan fingerprint density at radius 2 is 1.95 bits per heavy atom. The quantitative estimate of drug-likeness (QED) is 0.655. The van der Waals surface area contributed by atoms with Crippen LogP contribution in [0.2, 0.25) is 0 Å². The van der Waals surface area contributed by atoms with Crippen LogP contribution in [0.1, 0.15) is 29.3 Å². The molecule has 0 amide bonds. The summed E-state index contributed by atoms with van der Waals surface area (Å²) in [6, 6.07) is 13.8. The highest BCUT2D eigenvalue weighted by molar-refractivity contribution is 5.45. The van der Waals surface area contributed by atoms with Crippen molar-refractivity contribution in [2.24, 2.45) is 0 Å². The molecule has 0 bridgehead atoms. The molecule has 20 heavy (non-hydrogen) atoms. The molecule has 0 aliphatic heterocycles. The Hall–Kier alpha value is -2.16. The van der Waals surface area contributed by atoms with Crippen LogP contribution >= 0.6 is 0 Å². The first-order chi connectivity index (χ1) is 9.81. The van der Waals surface area contributed by atoms with Crippen LogP contribution < -0.4 is 0 Å². The van der Waals surface area contributed by atoms with Crippen molar-refractivity contribution in [3.8, 4) is 0 Å². The summed E-state index contributed by atoms with van der Waals surface area (Å²) in [6.45, 7) is 0. The van der Waals surface area contributed by atoms with E-state index in [-0.39, 0.29) is 5.82 Å². The van der Waals surface area contributed by atoms with Gasteiger partial charge in [0.15, 0.2) is 0 Å². The van der Waals surface area contributed by atoms with E-state index in [0.29, 0.717) is 5.92 Å². The lowest BCUT2D eigenvalue weighted by Crippen LogP contribution is -2.13. The Balaban J connectivity index is 1.78. The molecule has 1 aromatic carbocycles. The summed E-state index contributed by atoms with van der Waals surface area (Å²) in [4.78, 5) is 4.62. The highest BCUT2D eigenvalue weighted by atomic mass is 19.1. The van der Waals surface area contributed by atoms with E-state index in [0.717, 1.165) is 30.6 Å². The molecule has 1 atom stereocenters. The van der Waals surface area contributed by atoms with Crippen molar-refractivity contribution in [1.82, 2.24) is 9.38 Å². The Kier molecular flexibility index (Phi) is 2.59. The summed E-state index contributed by atoms with van der Waals surface area (Å²) >= 11 is 0. The largest absolute Gasteiger partial charge is 0.301 e. The Morgan fingerprint density at radius 1 is 1.10 bits per heavy atom. The number of halogens is 1. The minimum Gasteiger partial charge on any atom is -0.301 e. The third-order valence-corrected chi connectivity index (χ3v) is 4.20. The zero-order valence-corrected chi connectivity index (χ0v) is 11.1. The lowest BCUT2D eigenvalue weighted by molar-refractivity contribution is 0.564. The van der Waals surface area contributed by atoms with Gasteiger partial charge in [-0.3, -0.25) is 0 Å². The number of fused-ring (bicyclic) bond motifs is 3. The molecular formula is C17H15FN2. The van der Waals surface area contributed by atoms with E-state index >= 15 is 0 Å². The molecule has 100 valence electrons. The normalized spacial score (nSPS) is 18.1. The third kappa shape index (κ3) is 1.82. The predicted molar refractivity (Wildman–Crippen MR) is 76.4 cm³/mol. The number of benzene rings is 1. The fourth-order valence-corrected chi connectivity index (χ4v) is 3.19. The summed E-state index contributed by atoms with van der Waals surface area (Å²) in [5.74, 6) is 0.298. The smallest absolute Gasteiger partial charge is 0.139 e. The van der Waals surface area contributed by atoms with Gasteiger partial charge in [-0.2, -0.15) is 0 Å². The van der Waals surface area contributed by atoms with Gasteiger partial charge in [0.25, 0.3) is 0 Å². The molecule has 4 rings (SSSR count). The number of rotatable bonds is 1. The van der Waals surface area contributed by atoms with E-state index in [1.807, 2.05) is 10.5 Å². The van der Waals surface area contributed by atoms with Gasteiger partial charge in [-0.15, -0.1) is 0 Å². The second kappa shape index (κ2) is 4.44. The number of hydrogen-bond acceptors (Lipinski definition) is 1. The monoisotopic (exact) mass is 266 g/mol. The summed E-state index contributed by atoms with van der Waals surface area (Å²) in [5.41, 5.74) is 4.51. The molecule has 2 heterocycles. The van der Waals surface area contributed by atoms with E-state index in [1.54, 1.807) is 12.3 Å². The van der Waals surface area contributed by atoms with Gasteiger partial charge in [-0.25, -0.2) is 9.37 Å². The van der Waals surface area contributed by atoms with Gasteiger partial charge in [-0.05, 0) is 42.9 Å². The predicted octanol–water partition coefficient (Wildman–Crippen LogP) is 3.75. The maximum atomic E-state index is 13.5. The van der Waals surface area contributed by atoms with Crippen molar-refractivity contribution in [3.05, 3.63) is 71.4 Å². The van der Waals surface area contributed by atoms with E-state index in [9.17, 15) is 4.39 Å². The topological polar surface area (TPSA) is 17.3 Å². The van der Waals surface area contributed by atoms with Gasteiger partial charge in [-0.1, -0.05) is 30.3 Å². The van der Waals surface area contributed by atoms with E-state index in [4.69, 9.17) is 0 Å². The van der Waals surface area contributed by atoms with Crippen LogP contribution in [0.25, 0.3) is 5.65 Å². The molecule has 3 heteroatoms. The second-order valence-electron chi connectivity index (χ2n) is 5.43. The molecule has 0 radical (unpaired) electrons. The van der Waals surface area contributed by atoms with Crippen LogP contribution in [-0.4, -0.2) is 9.38 Å². The molecule has 0 saturated carbocycles. The molecule has 2 aromatic heterocycles. The van der Waals surface area contributed by atoms with Crippen LogP contribution in [0.3, 0.4) is 0 Å². The van der Waals surface area contributed by atoms with Gasteiger partial charge in [0.05, 0.1) is 5.69 Å². The van der Waals surface area contributed by atoms with Crippen LogP contribution in [-0.2, 0) is 12.8 Å². The van der Waals surface area contributed by atoms with Crippen molar-refractivity contribution in [3.63, 3.8) is 0 Å². The van der Waals surface area contributed by atoms with Gasteiger partial charge in [0.2, 0.25) is 0 Å². The van der Waals surface area contributed by atoms with Crippen molar-refractivity contribution < 1.29 is 4.39 Å².